The highest BCUT2D eigenvalue weighted by molar-refractivity contribution is 9.10. The fourth-order valence-electron chi connectivity index (χ4n) is 2.05. The predicted octanol–water partition coefficient (Wildman–Crippen LogP) is 3.62. The maximum absolute atomic E-state index is 12.4. The van der Waals surface area contributed by atoms with E-state index in [1.165, 1.54) is 13.8 Å². The summed E-state index contributed by atoms with van der Waals surface area (Å²) >= 11 is 3.33. The Bertz CT molecular complexity index is 754. The Morgan fingerprint density at radius 1 is 0.750 bits per heavy atom. The molecule has 0 radical (unpaired) electrons. The first-order valence-electron chi connectivity index (χ1n) is 7.10. The molecule has 7 heteroatoms. The van der Waals surface area contributed by atoms with Gasteiger partial charge in [-0.05, 0) is 42.5 Å². The highest BCUT2D eigenvalue weighted by Crippen LogP contribution is 2.21. The van der Waals surface area contributed by atoms with Crippen molar-refractivity contribution in [1.82, 2.24) is 0 Å². The molecule has 3 N–H and O–H groups in total. The molecule has 0 heterocycles. The van der Waals surface area contributed by atoms with Crippen LogP contribution in [0.1, 0.15) is 24.2 Å². The maximum Gasteiger partial charge on any atom is 0.255 e. The lowest BCUT2D eigenvalue weighted by Gasteiger charge is -2.11. The molecule has 0 spiro atoms. The largest absolute Gasteiger partial charge is 0.326 e. The van der Waals surface area contributed by atoms with Crippen molar-refractivity contribution in [3.05, 3.63) is 52.5 Å². The molecular formula is C17H16BrN3O3. The van der Waals surface area contributed by atoms with E-state index >= 15 is 0 Å². The summed E-state index contributed by atoms with van der Waals surface area (Å²) in [5.41, 5.74) is 1.80. The summed E-state index contributed by atoms with van der Waals surface area (Å²) in [4.78, 5) is 34.9. The fourth-order valence-corrected chi connectivity index (χ4v) is 2.31. The Labute approximate surface area is 147 Å². The number of halogens is 1. The molecule has 0 saturated heterocycles. The normalized spacial score (nSPS) is 9.96. The van der Waals surface area contributed by atoms with Gasteiger partial charge in [0.25, 0.3) is 5.91 Å². The van der Waals surface area contributed by atoms with Crippen molar-refractivity contribution in [2.24, 2.45) is 0 Å². The van der Waals surface area contributed by atoms with E-state index in [4.69, 9.17) is 0 Å². The van der Waals surface area contributed by atoms with Gasteiger partial charge < -0.3 is 16.0 Å². The lowest BCUT2D eigenvalue weighted by Crippen LogP contribution is -2.15. The number of hydrogen-bond acceptors (Lipinski definition) is 3. The summed E-state index contributed by atoms with van der Waals surface area (Å²) in [6, 6.07) is 11.8. The molecule has 24 heavy (non-hydrogen) atoms. The van der Waals surface area contributed by atoms with Gasteiger partial charge in [-0.2, -0.15) is 0 Å². The molecule has 0 aliphatic carbocycles. The zero-order valence-corrected chi connectivity index (χ0v) is 14.7. The smallest absolute Gasteiger partial charge is 0.255 e. The van der Waals surface area contributed by atoms with Crippen LogP contribution in [0.3, 0.4) is 0 Å². The van der Waals surface area contributed by atoms with Crippen molar-refractivity contribution < 1.29 is 14.4 Å². The molecule has 0 aliphatic rings. The Morgan fingerprint density at radius 3 is 1.71 bits per heavy atom. The quantitative estimate of drug-likeness (QED) is 0.745. The van der Waals surface area contributed by atoms with Crippen LogP contribution in [0.5, 0.6) is 0 Å². The fraction of sp³-hybridized carbons (Fsp3) is 0.118. The van der Waals surface area contributed by atoms with Gasteiger partial charge in [-0.3, -0.25) is 14.4 Å². The first kappa shape index (κ1) is 17.7. The van der Waals surface area contributed by atoms with E-state index in [-0.39, 0.29) is 17.7 Å². The molecule has 0 fully saturated rings. The summed E-state index contributed by atoms with van der Waals surface area (Å²) in [6.45, 7) is 2.74. The van der Waals surface area contributed by atoms with Crippen molar-refractivity contribution in [1.29, 1.82) is 0 Å². The molecule has 0 saturated carbocycles. The standard InChI is InChI=1S/C17H16BrN3O3/c1-10(22)19-15-7-12(8-16(9-15)20-11(2)23)17(24)21-14-5-3-13(18)4-6-14/h3-9H,1-2H3,(H,19,22)(H,20,23)(H,21,24). The molecule has 0 atom stereocenters. The molecule has 0 aliphatic heterocycles. The van der Waals surface area contributed by atoms with E-state index in [0.717, 1.165) is 4.47 Å². The summed E-state index contributed by atoms with van der Waals surface area (Å²) in [5.74, 6) is -0.889. The third-order valence-electron chi connectivity index (χ3n) is 2.94. The average Bonchev–Trinajstić information content (AvgIpc) is 2.48. The van der Waals surface area contributed by atoms with Crippen molar-refractivity contribution >= 4 is 50.7 Å². The Hall–Kier alpha value is -2.67. The van der Waals surface area contributed by atoms with E-state index < -0.39 is 0 Å². The topological polar surface area (TPSA) is 87.3 Å². The molecule has 0 unspecified atom stereocenters. The minimum absolute atomic E-state index is 0.269. The maximum atomic E-state index is 12.4. The van der Waals surface area contributed by atoms with Crippen LogP contribution < -0.4 is 16.0 Å². The second-order valence-electron chi connectivity index (χ2n) is 5.12. The van der Waals surface area contributed by atoms with E-state index in [2.05, 4.69) is 31.9 Å². The molecule has 2 aromatic rings. The average molecular weight is 390 g/mol. The van der Waals surface area contributed by atoms with Gasteiger partial charge in [0.15, 0.2) is 0 Å². The zero-order valence-electron chi connectivity index (χ0n) is 13.1. The number of carbonyl (C=O) groups is 3. The van der Waals surface area contributed by atoms with Crippen molar-refractivity contribution in [2.45, 2.75) is 13.8 Å². The molecular weight excluding hydrogens is 374 g/mol. The van der Waals surface area contributed by atoms with Crippen LogP contribution in [-0.2, 0) is 9.59 Å². The monoisotopic (exact) mass is 389 g/mol. The number of amides is 3. The second-order valence-corrected chi connectivity index (χ2v) is 6.04. The van der Waals surface area contributed by atoms with E-state index in [9.17, 15) is 14.4 Å². The van der Waals surface area contributed by atoms with Gasteiger partial charge in [0, 0.05) is 40.9 Å². The molecule has 0 aromatic heterocycles. The third kappa shape index (κ3) is 5.20. The molecule has 3 amide bonds. The first-order valence-corrected chi connectivity index (χ1v) is 7.90. The number of hydrogen-bond donors (Lipinski definition) is 3. The second kappa shape index (κ2) is 7.74. The van der Waals surface area contributed by atoms with Gasteiger partial charge in [0.2, 0.25) is 11.8 Å². The third-order valence-corrected chi connectivity index (χ3v) is 3.47. The molecule has 0 bridgehead atoms. The summed E-state index contributed by atoms with van der Waals surface area (Å²) in [6.07, 6.45) is 0. The van der Waals surface area contributed by atoms with Gasteiger partial charge >= 0.3 is 0 Å². The lowest BCUT2D eigenvalue weighted by atomic mass is 10.1. The number of anilines is 3. The minimum atomic E-state index is -0.351. The van der Waals surface area contributed by atoms with Crippen LogP contribution in [0.2, 0.25) is 0 Å². The summed E-state index contributed by atoms with van der Waals surface area (Å²) in [7, 11) is 0. The van der Waals surface area contributed by atoms with Crippen LogP contribution in [0.4, 0.5) is 17.1 Å². The van der Waals surface area contributed by atoms with E-state index in [0.29, 0.717) is 22.6 Å². The van der Waals surface area contributed by atoms with Gasteiger partial charge in [-0.1, -0.05) is 15.9 Å². The Balaban J connectivity index is 2.28. The van der Waals surface area contributed by atoms with Crippen molar-refractivity contribution in [3.63, 3.8) is 0 Å². The van der Waals surface area contributed by atoms with Crippen molar-refractivity contribution in [2.75, 3.05) is 16.0 Å². The Morgan fingerprint density at radius 2 is 1.25 bits per heavy atom. The van der Waals surface area contributed by atoms with Gasteiger partial charge in [-0.15, -0.1) is 0 Å². The van der Waals surface area contributed by atoms with E-state index in [1.807, 2.05) is 12.1 Å². The molecule has 2 aromatic carbocycles. The SMILES string of the molecule is CC(=O)Nc1cc(NC(C)=O)cc(C(=O)Nc2ccc(Br)cc2)c1. The molecule has 124 valence electrons. The zero-order chi connectivity index (χ0) is 17.7. The van der Waals surface area contributed by atoms with Crippen LogP contribution in [0.25, 0.3) is 0 Å². The lowest BCUT2D eigenvalue weighted by molar-refractivity contribution is -0.115. The van der Waals surface area contributed by atoms with Crippen LogP contribution in [-0.4, -0.2) is 17.7 Å². The minimum Gasteiger partial charge on any atom is -0.326 e. The van der Waals surface area contributed by atoms with Gasteiger partial charge in [-0.25, -0.2) is 0 Å². The number of rotatable bonds is 4. The molecule has 6 nitrogen and oxygen atoms in total. The van der Waals surface area contributed by atoms with Crippen molar-refractivity contribution in [3.8, 4) is 0 Å². The number of nitrogens with one attached hydrogen (secondary N) is 3. The Kier molecular flexibility index (Phi) is 5.70. The van der Waals surface area contributed by atoms with Gasteiger partial charge in [0.05, 0.1) is 0 Å². The van der Waals surface area contributed by atoms with E-state index in [1.54, 1.807) is 30.3 Å². The summed E-state index contributed by atoms with van der Waals surface area (Å²) in [5, 5.41) is 7.98. The van der Waals surface area contributed by atoms with Crippen LogP contribution in [0, 0.1) is 0 Å². The highest BCUT2D eigenvalue weighted by Gasteiger charge is 2.11. The molecule has 2 rings (SSSR count). The van der Waals surface area contributed by atoms with Gasteiger partial charge in [0.1, 0.15) is 0 Å². The van der Waals surface area contributed by atoms with Crippen LogP contribution >= 0.6 is 15.9 Å². The van der Waals surface area contributed by atoms with Crippen LogP contribution in [0.15, 0.2) is 46.9 Å². The summed E-state index contributed by atoms with van der Waals surface area (Å²) < 4.78 is 0.904. The first-order chi connectivity index (χ1) is 11.3. The number of benzene rings is 2. The highest BCUT2D eigenvalue weighted by atomic mass is 79.9. The number of carbonyl (C=O) groups excluding carboxylic acids is 3. The predicted molar refractivity (Wildman–Crippen MR) is 97.1 cm³/mol.